The average Bonchev–Trinajstić information content (AvgIpc) is 2.99. The number of carbonyl (C=O) groups excluding carboxylic acids is 2. The number of aliphatic imine (C=N–C) groups is 1. The number of carbonyl (C=O) groups is 2. The second-order valence-corrected chi connectivity index (χ2v) is 9.17. The van der Waals surface area contributed by atoms with Gasteiger partial charge in [-0.2, -0.15) is 0 Å². The summed E-state index contributed by atoms with van der Waals surface area (Å²) in [6, 6.07) is 12.2. The lowest BCUT2D eigenvalue weighted by Gasteiger charge is -2.33. The van der Waals surface area contributed by atoms with Gasteiger partial charge in [-0.15, -0.1) is 0 Å². The molecule has 1 fully saturated rings. The molecule has 156 valence electrons. The van der Waals surface area contributed by atoms with Crippen molar-refractivity contribution in [3.8, 4) is 0 Å². The van der Waals surface area contributed by atoms with E-state index in [2.05, 4.69) is 47.3 Å². The van der Waals surface area contributed by atoms with Crippen LogP contribution in [0.25, 0.3) is 0 Å². The molecular formula is C23H26N4O2S. The van der Waals surface area contributed by atoms with Gasteiger partial charge in [0.25, 0.3) is 0 Å². The first-order valence-corrected chi connectivity index (χ1v) is 10.9. The van der Waals surface area contributed by atoms with E-state index in [1.165, 1.54) is 17.3 Å². The minimum atomic E-state index is -0.437. The van der Waals surface area contributed by atoms with Gasteiger partial charge in [0, 0.05) is 17.8 Å². The highest BCUT2D eigenvalue weighted by atomic mass is 32.2. The summed E-state index contributed by atoms with van der Waals surface area (Å²) in [5.74, 6) is -0.205. The lowest BCUT2D eigenvalue weighted by molar-refractivity contribution is -0.128. The normalized spacial score (nSPS) is 18.3. The van der Waals surface area contributed by atoms with E-state index < -0.39 is 5.25 Å². The van der Waals surface area contributed by atoms with Crippen molar-refractivity contribution in [3.05, 3.63) is 58.7 Å². The number of hydrogen-bond acceptors (Lipinski definition) is 5. The topological polar surface area (TPSA) is 65.0 Å². The highest BCUT2D eigenvalue weighted by Crippen LogP contribution is 2.34. The molecule has 0 bridgehead atoms. The third-order valence-corrected chi connectivity index (χ3v) is 6.64. The molecule has 1 atom stereocenters. The highest BCUT2D eigenvalue weighted by Gasteiger charge is 2.41. The quantitative estimate of drug-likeness (QED) is 0.809. The lowest BCUT2D eigenvalue weighted by atomic mass is 10.1. The number of rotatable bonds is 4. The molecule has 0 saturated carbocycles. The molecule has 0 radical (unpaired) electrons. The Morgan fingerprint density at radius 3 is 2.50 bits per heavy atom. The SMILES string of the molecule is Cc1ccc(NC(=O)C[C@@H]2SC3=NCN(c4ccc(C)cc4C)CN3C2=O)c(C)c1. The Bertz CT molecular complexity index is 1050. The summed E-state index contributed by atoms with van der Waals surface area (Å²) in [6.07, 6.45) is 0.135. The van der Waals surface area contributed by atoms with Crippen molar-refractivity contribution >= 4 is 40.1 Å². The number of thioether (sulfide) groups is 1. The molecule has 1 N–H and O–H groups in total. The van der Waals surface area contributed by atoms with Crippen molar-refractivity contribution in [2.75, 3.05) is 23.6 Å². The van der Waals surface area contributed by atoms with Crippen LogP contribution in [0, 0.1) is 27.7 Å². The summed E-state index contributed by atoms with van der Waals surface area (Å²) >= 11 is 1.39. The summed E-state index contributed by atoms with van der Waals surface area (Å²) in [5.41, 5.74) is 6.40. The fraction of sp³-hybridized carbons (Fsp3) is 0.348. The fourth-order valence-electron chi connectivity index (χ4n) is 3.89. The second kappa shape index (κ2) is 8.14. The monoisotopic (exact) mass is 422 g/mol. The van der Waals surface area contributed by atoms with Crippen LogP contribution in [0.3, 0.4) is 0 Å². The molecule has 2 aromatic carbocycles. The van der Waals surface area contributed by atoms with Crippen LogP contribution in [0.5, 0.6) is 0 Å². The van der Waals surface area contributed by atoms with E-state index in [4.69, 9.17) is 0 Å². The van der Waals surface area contributed by atoms with E-state index in [-0.39, 0.29) is 18.2 Å². The zero-order valence-corrected chi connectivity index (χ0v) is 18.5. The molecule has 0 unspecified atom stereocenters. The number of amidine groups is 1. The van der Waals surface area contributed by atoms with Gasteiger partial charge in [0.05, 0.1) is 0 Å². The van der Waals surface area contributed by atoms with Gasteiger partial charge in [0.15, 0.2) is 5.17 Å². The maximum Gasteiger partial charge on any atom is 0.244 e. The molecule has 1 saturated heterocycles. The van der Waals surface area contributed by atoms with Gasteiger partial charge in [-0.3, -0.25) is 14.5 Å². The van der Waals surface area contributed by atoms with Crippen LogP contribution >= 0.6 is 11.8 Å². The molecule has 0 aliphatic carbocycles. The predicted octanol–water partition coefficient (Wildman–Crippen LogP) is 3.98. The van der Waals surface area contributed by atoms with Crippen molar-refractivity contribution in [1.29, 1.82) is 0 Å². The summed E-state index contributed by atoms with van der Waals surface area (Å²) in [7, 11) is 0. The van der Waals surface area contributed by atoms with Gasteiger partial charge in [-0.05, 0) is 51.0 Å². The molecular weight excluding hydrogens is 396 g/mol. The van der Waals surface area contributed by atoms with Crippen LogP contribution in [0.2, 0.25) is 0 Å². The minimum absolute atomic E-state index is 0.0519. The Labute approximate surface area is 181 Å². The summed E-state index contributed by atoms with van der Waals surface area (Å²) in [5, 5.41) is 3.22. The third kappa shape index (κ3) is 4.07. The molecule has 6 nitrogen and oxygen atoms in total. The highest BCUT2D eigenvalue weighted by molar-refractivity contribution is 8.15. The van der Waals surface area contributed by atoms with E-state index in [9.17, 15) is 9.59 Å². The van der Waals surface area contributed by atoms with Crippen molar-refractivity contribution in [2.45, 2.75) is 39.4 Å². The van der Waals surface area contributed by atoms with Crippen molar-refractivity contribution in [2.24, 2.45) is 4.99 Å². The molecule has 0 spiro atoms. The van der Waals surface area contributed by atoms with Gasteiger partial charge < -0.3 is 10.2 Å². The lowest BCUT2D eigenvalue weighted by Crippen LogP contribution is -2.46. The van der Waals surface area contributed by atoms with E-state index in [0.29, 0.717) is 18.5 Å². The van der Waals surface area contributed by atoms with Gasteiger partial charge in [0.2, 0.25) is 11.8 Å². The number of benzene rings is 2. The Hall–Kier alpha value is -2.80. The number of nitrogens with zero attached hydrogens (tertiary/aromatic N) is 3. The molecule has 30 heavy (non-hydrogen) atoms. The van der Waals surface area contributed by atoms with Crippen LogP contribution < -0.4 is 10.2 Å². The van der Waals surface area contributed by atoms with Gasteiger partial charge in [-0.25, -0.2) is 4.99 Å². The minimum Gasteiger partial charge on any atom is -0.333 e. The van der Waals surface area contributed by atoms with Crippen molar-refractivity contribution in [3.63, 3.8) is 0 Å². The number of hydrogen-bond donors (Lipinski definition) is 1. The smallest absolute Gasteiger partial charge is 0.244 e. The zero-order chi connectivity index (χ0) is 21.4. The van der Waals surface area contributed by atoms with Crippen LogP contribution in [-0.4, -0.2) is 40.5 Å². The molecule has 2 amide bonds. The van der Waals surface area contributed by atoms with Gasteiger partial charge in [-0.1, -0.05) is 47.2 Å². The zero-order valence-electron chi connectivity index (χ0n) is 17.7. The maximum atomic E-state index is 13.0. The van der Waals surface area contributed by atoms with E-state index in [0.717, 1.165) is 28.1 Å². The Balaban J connectivity index is 1.42. The van der Waals surface area contributed by atoms with Crippen molar-refractivity contribution in [1.82, 2.24) is 4.90 Å². The average molecular weight is 423 g/mol. The fourth-order valence-corrected chi connectivity index (χ4v) is 5.01. The summed E-state index contributed by atoms with van der Waals surface area (Å²) < 4.78 is 0. The molecule has 2 aromatic rings. The number of amides is 2. The molecule has 0 aromatic heterocycles. The largest absolute Gasteiger partial charge is 0.333 e. The van der Waals surface area contributed by atoms with Crippen molar-refractivity contribution < 1.29 is 9.59 Å². The summed E-state index contributed by atoms with van der Waals surface area (Å²) in [4.78, 5) is 33.9. The Morgan fingerprint density at radius 2 is 1.80 bits per heavy atom. The molecule has 2 aliphatic heterocycles. The van der Waals surface area contributed by atoms with Crippen LogP contribution in [0.1, 0.15) is 28.7 Å². The Morgan fingerprint density at radius 1 is 1.10 bits per heavy atom. The van der Waals surface area contributed by atoms with E-state index in [1.54, 1.807) is 4.90 Å². The first-order chi connectivity index (χ1) is 14.3. The standard InChI is InChI=1S/C23H26N4O2S/c1-14-5-7-18(16(3)9-14)25-21(28)11-20-22(29)27-13-26(12-24-23(27)30-20)19-8-6-15(2)10-17(19)4/h5-10,20H,11-13H2,1-4H3,(H,25,28)/t20-/m0/s1. The van der Waals surface area contributed by atoms with E-state index >= 15 is 0 Å². The van der Waals surface area contributed by atoms with Crippen LogP contribution in [0.15, 0.2) is 41.4 Å². The predicted molar refractivity (Wildman–Crippen MR) is 123 cm³/mol. The Kier molecular flexibility index (Phi) is 5.56. The van der Waals surface area contributed by atoms with Gasteiger partial charge >= 0.3 is 0 Å². The first kappa shape index (κ1) is 20.5. The molecule has 4 rings (SSSR count). The number of fused-ring (bicyclic) bond motifs is 1. The molecule has 7 heteroatoms. The first-order valence-electron chi connectivity index (χ1n) is 10.0. The molecule has 2 heterocycles. The molecule has 2 aliphatic rings. The van der Waals surface area contributed by atoms with Gasteiger partial charge in [0.1, 0.15) is 18.6 Å². The van der Waals surface area contributed by atoms with Crippen LogP contribution in [-0.2, 0) is 9.59 Å². The number of anilines is 2. The number of nitrogens with one attached hydrogen (secondary N) is 1. The third-order valence-electron chi connectivity index (χ3n) is 5.43. The maximum absolute atomic E-state index is 13.0. The second-order valence-electron chi connectivity index (χ2n) is 8.00. The van der Waals surface area contributed by atoms with Crippen LogP contribution in [0.4, 0.5) is 11.4 Å². The van der Waals surface area contributed by atoms with E-state index in [1.807, 2.05) is 32.0 Å². The number of aryl methyl sites for hydroxylation is 4. The summed E-state index contributed by atoms with van der Waals surface area (Å²) in [6.45, 7) is 9.10.